The third-order valence-corrected chi connectivity index (χ3v) is 3.34. The Morgan fingerprint density at radius 3 is 2.07 bits per heavy atom. The number of hydrogen-bond acceptors (Lipinski definition) is 0. The molecule has 0 bridgehead atoms. The monoisotopic (exact) mass is 196 g/mol. The Hall–Kier alpha value is -0.260. The van der Waals surface area contributed by atoms with Gasteiger partial charge in [0.1, 0.15) is 0 Å². The molecular weight excluding hydrogens is 168 g/mol. The highest BCUT2D eigenvalue weighted by atomic mass is 14.2. The lowest BCUT2D eigenvalue weighted by Crippen LogP contribution is -2.10. The van der Waals surface area contributed by atoms with E-state index in [0.29, 0.717) is 11.8 Å². The molecule has 0 rings (SSSR count). The molecule has 0 aromatic heterocycles. The van der Waals surface area contributed by atoms with Crippen LogP contribution in [0.5, 0.6) is 0 Å². The molecule has 2 unspecified atom stereocenters. The molecule has 0 fully saturated rings. The van der Waals surface area contributed by atoms with E-state index in [-0.39, 0.29) is 0 Å². The van der Waals surface area contributed by atoms with Gasteiger partial charge in [0.15, 0.2) is 0 Å². The van der Waals surface area contributed by atoms with Crippen molar-refractivity contribution in [1.29, 1.82) is 0 Å². The standard InChI is InChI=1S/C14H28/c1-7-9-14(8-2)10-12(5)13(6)11(3)4/h11-12,14H,6-10H2,1-5H3. The first-order chi connectivity index (χ1) is 6.52. The van der Waals surface area contributed by atoms with Crippen molar-refractivity contribution in [2.75, 3.05) is 0 Å². The molecule has 0 heteroatoms. The largest absolute Gasteiger partial charge is 0.0993 e. The molecule has 0 spiro atoms. The Kier molecular flexibility index (Phi) is 6.96. The summed E-state index contributed by atoms with van der Waals surface area (Å²) in [6, 6.07) is 0. The van der Waals surface area contributed by atoms with Gasteiger partial charge in [-0.3, -0.25) is 0 Å². The van der Waals surface area contributed by atoms with Crippen molar-refractivity contribution in [3.63, 3.8) is 0 Å². The lowest BCUT2D eigenvalue weighted by Gasteiger charge is -2.23. The highest BCUT2D eigenvalue weighted by Gasteiger charge is 2.14. The van der Waals surface area contributed by atoms with Crippen molar-refractivity contribution >= 4 is 0 Å². The highest BCUT2D eigenvalue weighted by Crippen LogP contribution is 2.27. The minimum atomic E-state index is 0.643. The Labute approximate surface area is 90.8 Å². The molecule has 0 aliphatic carbocycles. The summed E-state index contributed by atoms with van der Waals surface area (Å²) in [5.74, 6) is 2.25. The van der Waals surface area contributed by atoms with Gasteiger partial charge in [-0.25, -0.2) is 0 Å². The second-order valence-corrected chi connectivity index (χ2v) is 4.93. The molecule has 0 aromatic rings. The van der Waals surface area contributed by atoms with Crippen molar-refractivity contribution in [3.8, 4) is 0 Å². The van der Waals surface area contributed by atoms with Crippen LogP contribution in [0.3, 0.4) is 0 Å². The third kappa shape index (κ3) is 4.83. The second-order valence-electron chi connectivity index (χ2n) is 4.93. The van der Waals surface area contributed by atoms with Crippen LogP contribution < -0.4 is 0 Å². The summed E-state index contributed by atoms with van der Waals surface area (Å²) in [6.45, 7) is 15.6. The molecule has 2 atom stereocenters. The SMILES string of the molecule is C=C(C(C)C)C(C)CC(CC)CCC. The molecule has 0 aliphatic rings. The summed E-state index contributed by atoms with van der Waals surface area (Å²) >= 11 is 0. The molecule has 0 saturated heterocycles. The summed E-state index contributed by atoms with van der Waals surface area (Å²) < 4.78 is 0. The first-order valence-corrected chi connectivity index (χ1v) is 6.21. The van der Waals surface area contributed by atoms with E-state index in [0.717, 1.165) is 5.92 Å². The Balaban J connectivity index is 4.01. The first-order valence-electron chi connectivity index (χ1n) is 6.21. The van der Waals surface area contributed by atoms with Crippen LogP contribution >= 0.6 is 0 Å². The van der Waals surface area contributed by atoms with E-state index in [9.17, 15) is 0 Å². The predicted molar refractivity (Wildman–Crippen MR) is 66.4 cm³/mol. The van der Waals surface area contributed by atoms with Crippen LogP contribution in [0.1, 0.15) is 60.3 Å². The van der Waals surface area contributed by atoms with Gasteiger partial charge in [0, 0.05) is 0 Å². The smallest absolute Gasteiger partial charge is 0.0229 e. The Morgan fingerprint density at radius 1 is 1.14 bits per heavy atom. The first kappa shape index (κ1) is 13.7. The summed E-state index contributed by atoms with van der Waals surface area (Å²) in [7, 11) is 0. The van der Waals surface area contributed by atoms with Crippen molar-refractivity contribution in [1.82, 2.24) is 0 Å². The molecule has 0 saturated carbocycles. The van der Waals surface area contributed by atoms with Gasteiger partial charge in [-0.05, 0) is 24.2 Å². The van der Waals surface area contributed by atoms with Gasteiger partial charge in [0.25, 0.3) is 0 Å². The molecule has 0 aliphatic heterocycles. The van der Waals surface area contributed by atoms with Crippen LogP contribution in [0.15, 0.2) is 12.2 Å². The van der Waals surface area contributed by atoms with Crippen LogP contribution in [-0.4, -0.2) is 0 Å². The fourth-order valence-corrected chi connectivity index (χ4v) is 2.12. The van der Waals surface area contributed by atoms with E-state index in [4.69, 9.17) is 0 Å². The van der Waals surface area contributed by atoms with E-state index in [1.165, 1.54) is 31.3 Å². The summed E-state index contributed by atoms with van der Waals surface area (Å²) in [5, 5.41) is 0. The van der Waals surface area contributed by atoms with Gasteiger partial charge in [0.05, 0.1) is 0 Å². The van der Waals surface area contributed by atoms with E-state index in [2.05, 4.69) is 41.2 Å². The van der Waals surface area contributed by atoms with Crippen molar-refractivity contribution in [3.05, 3.63) is 12.2 Å². The fraction of sp³-hybridized carbons (Fsp3) is 0.857. The van der Waals surface area contributed by atoms with Gasteiger partial charge < -0.3 is 0 Å². The maximum absolute atomic E-state index is 4.20. The van der Waals surface area contributed by atoms with Crippen LogP contribution in [0.25, 0.3) is 0 Å². The van der Waals surface area contributed by atoms with Crippen molar-refractivity contribution in [2.45, 2.75) is 60.3 Å². The minimum Gasteiger partial charge on any atom is -0.0993 e. The lowest BCUT2D eigenvalue weighted by atomic mass is 9.83. The molecule has 0 radical (unpaired) electrons. The molecule has 0 heterocycles. The van der Waals surface area contributed by atoms with Crippen molar-refractivity contribution in [2.24, 2.45) is 17.8 Å². The molecule has 0 nitrogen and oxygen atoms in total. The number of allylic oxidation sites excluding steroid dienone is 1. The normalized spacial score (nSPS) is 15.6. The highest BCUT2D eigenvalue weighted by molar-refractivity contribution is 5.02. The Morgan fingerprint density at radius 2 is 1.71 bits per heavy atom. The predicted octanol–water partition coefficient (Wildman–Crippen LogP) is 5.05. The van der Waals surface area contributed by atoms with Crippen molar-refractivity contribution < 1.29 is 0 Å². The minimum absolute atomic E-state index is 0.643. The molecule has 0 amide bonds. The number of rotatable bonds is 7. The van der Waals surface area contributed by atoms with Crippen LogP contribution in [0.2, 0.25) is 0 Å². The van der Waals surface area contributed by atoms with Gasteiger partial charge in [-0.15, -0.1) is 0 Å². The summed E-state index contributed by atoms with van der Waals surface area (Å²) in [6.07, 6.45) is 5.36. The van der Waals surface area contributed by atoms with Gasteiger partial charge in [0.2, 0.25) is 0 Å². The fourth-order valence-electron chi connectivity index (χ4n) is 2.12. The maximum Gasteiger partial charge on any atom is -0.0229 e. The molecule has 14 heavy (non-hydrogen) atoms. The molecule has 84 valence electrons. The van der Waals surface area contributed by atoms with Gasteiger partial charge >= 0.3 is 0 Å². The van der Waals surface area contributed by atoms with E-state index in [1.54, 1.807) is 0 Å². The maximum atomic E-state index is 4.20. The van der Waals surface area contributed by atoms with E-state index >= 15 is 0 Å². The van der Waals surface area contributed by atoms with E-state index in [1.807, 2.05) is 0 Å². The zero-order chi connectivity index (χ0) is 11.1. The molecular formula is C14H28. The zero-order valence-corrected chi connectivity index (χ0v) is 10.8. The zero-order valence-electron chi connectivity index (χ0n) is 10.8. The average Bonchev–Trinajstić information content (AvgIpc) is 2.15. The second kappa shape index (κ2) is 7.09. The number of hydrogen-bond donors (Lipinski definition) is 0. The van der Waals surface area contributed by atoms with Gasteiger partial charge in [-0.2, -0.15) is 0 Å². The van der Waals surface area contributed by atoms with Crippen LogP contribution in [0.4, 0.5) is 0 Å². The summed E-state index contributed by atoms with van der Waals surface area (Å²) in [4.78, 5) is 0. The quantitative estimate of drug-likeness (QED) is 0.500. The third-order valence-electron chi connectivity index (χ3n) is 3.34. The van der Waals surface area contributed by atoms with Gasteiger partial charge in [-0.1, -0.05) is 66.0 Å². The summed E-state index contributed by atoms with van der Waals surface area (Å²) in [5.41, 5.74) is 1.43. The molecule has 0 aromatic carbocycles. The van der Waals surface area contributed by atoms with Crippen LogP contribution in [0, 0.1) is 17.8 Å². The van der Waals surface area contributed by atoms with Crippen LogP contribution in [-0.2, 0) is 0 Å². The van der Waals surface area contributed by atoms with E-state index < -0.39 is 0 Å². The molecule has 0 N–H and O–H groups in total. The average molecular weight is 196 g/mol. The lowest BCUT2D eigenvalue weighted by molar-refractivity contribution is 0.372. The topological polar surface area (TPSA) is 0 Å². The Bertz CT molecular complexity index is 155.